The van der Waals surface area contributed by atoms with Gasteiger partial charge in [-0.15, -0.1) is 6.58 Å². The number of hydrogen-bond acceptors (Lipinski definition) is 4. The van der Waals surface area contributed by atoms with Crippen LogP contribution in [-0.4, -0.2) is 26.2 Å². The van der Waals surface area contributed by atoms with Crippen molar-refractivity contribution >= 4 is 45.3 Å². The Bertz CT molecular complexity index is 1280. The smallest absolute Gasteiger partial charge is 0.278 e. The van der Waals surface area contributed by atoms with Crippen LogP contribution in [0.1, 0.15) is 0 Å². The minimum absolute atomic E-state index is 0.0504. The number of carbonyl (C=O) groups excluding carboxylic acids is 1. The number of carbonyl (C=O) groups is 1. The molecule has 0 saturated heterocycles. The molecule has 2 aromatic carbocycles. The highest BCUT2D eigenvalue weighted by Crippen LogP contribution is 2.24. The Hall–Kier alpha value is -3.39. The van der Waals surface area contributed by atoms with Gasteiger partial charge in [0.1, 0.15) is 16.9 Å². The third-order valence-electron chi connectivity index (χ3n) is 4.35. The molecule has 2 N–H and O–H groups in total. The van der Waals surface area contributed by atoms with Crippen LogP contribution in [0.25, 0.3) is 21.9 Å². The molecule has 0 aliphatic carbocycles. The lowest BCUT2D eigenvalue weighted by Crippen LogP contribution is -2.23. The van der Waals surface area contributed by atoms with E-state index in [2.05, 4.69) is 21.9 Å². The van der Waals surface area contributed by atoms with Crippen molar-refractivity contribution in [3.8, 4) is 0 Å². The standard InChI is InChI=1S/C21H17FN4O2S/c1-2-11-26-20(28)19-18(15-5-3-4-6-16(15)24-19)25-21(26)29-12-17(27)23-14-9-7-13(22)8-10-14/h2-10,24H,1,11-12H2,(H,23,27). The van der Waals surface area contributed by atoms with E-state index in [-0.39, 0.29) is 29.6 Å². The topological polar surface area (TPSA) is 79.8 Å². The fourth-order valence-electron chi connectivity index (χ4n) is 3.04. The first-order valence-corrected chi connectivity index (χ1v) is 9.86. The number of anilines is 1. The first-order valence-electron chi connectivity index (χ1n) is 8.87. The molecule has 29 heavy (non-hydrogen) atoms. The number of halogens is 1. The second-order valence-corrected chi connectivity index (χ2v) is 7.28. The van der Waals surface area contributed by atoms with Gasteiger partial charge in [-0.05, 0) is 30.3 Å². The molecule has 0 saturated carbocycles. The number of allylic oxidation sites excluding steroid dienone is 1. The largest absolute Gasteiger partial charge is 0.349 e. The van der Waals surface area contributed by atoms with Crippen LogP contribution in [0.3, 0.4) is 0 Å². The van der Waals surface area contributed by atoms with E-state index in [1.165, 1.54) is 28.8 Å². The number of nitrogens with zero attached hydrogens (tertiary/aromatic N) is 2. The Labute approximate surface area is 169 Å². The van der Waals surface area contributed by atoms with Gasteiger partial charge >= 0.3 is 0 Å². The summed E-state index contributed by atoms with van der Waals surface area (Å²) in [7, 11) is 0. The zero-order chi connectivity index (χ0) is 20.4. The fraction of sp³-hybridized carbons (Fsp3) is 0.0952. The summed E-state index contributed by atoms with van der Waals surface area (Å²) < 4.78 is 14.5. The quantitative estimate of drug-likeness (QED) is 0.288. The third-order valence-corrected chi connectivity index (χ3v) is 5.32. The molecule has 0 aliphatic rings. The second-order valence-electron chi connectivity index (χ2n) is 6.34. The summed E-state index contributed by atoms with van der Waals surface area (Å²) in [5, 5.41) is 3.98. The van der Waals surface area contributed by atoms with Crippen molar-refractivity contribution in [3.63, 3.8) is 0 Å². The van der Waals surface area contributed by atoms with Crippen LogP contribution in [0.15, 0.2) is 71.1 Å². The Morgan fingerprint density at radius 3 is 2.76 bits per heavy atom. The van der Waals surface area contributed by atoms with Gasteiger partial charge in [-0.2, -0.15) is 0 Å². The van der Waals surface area contributed by atoms with Crippen LogP contribution in [0.4, 0.5) is 10.1 Å². The lowest BCUT2D eigenvalue weighted by Gasteiger charge is -2.10. The van der Waals surface area contributed by atoms with Crippen LogP contribution in [-0.2, 0) is 11.3 Å². The van der Waals surface area contributed by atoms with E-state index in [9.17, 15) is 14.0 Å². The van der Waals surface area contributed by atoms with Crippen LogP contribution in [0, 0.1) is 5.82 Å². The fourth-order valence-corrected chi connectivity index (χ4v) is 3.84. The maximum Gasteiger partial charge on any atom is 0.278 e. The molecule has 146 valence electrons. The molecular weight excluding hydrogens is 391 g/mol. The molecule has 2 heterocycles. The predicted octanol–water partition coefficient (Wildman–Crippen LogP) is 3.93. The minimum atomic E-state index is -0.373. The van der Waals surface area contributed by atoms with E-state index in [4.69, 9.17) is 0 Å². The van der Waals surface area contributed by atoms with Gasteiger partial charge in [0.15, 0.2) is 5.16 Å². The molecule has 0 spiro atoms. The molecule has 0 unspecified atom stereocenters. The zero-order valence-corrected chi connectivity index (χ0v) is 16.1. The number of aromatic nitrogens is 3. The van der Waals surface area contributed by atoms with Crippen LogP contribution in [0.5, 0.6) is 0 Å². The zero-order valence-electron chi connectivity index (χ0n) is 15.3. The lowest BCUT2D eigenvalue weighted by molar-refractivity contribution is -0.113. The summed E-state index contributed by atoms with van der Waals surface area (Å²) >= 11 is 1.16. The summed E-state index contributed by atoms with van der Waals surface area (Å²) in [5.74, 6) is -0.600. The highest BCUT2D eigenvalue weighted by atomic mass is 32.2. The Balaban J connectivity index is 1.64. The van der Waals surface area contributed by atoms with Crippen molar-refractivity contribution in [2.45, 2.75) is 11.7 Å². The molecule has 1 amide bonds. The Morgan fingerprint density at radius 1 is 1.24 bits per heavy atom. The highest BCUT2D eigenvalue weighted by Gasteiger charge is 2.16. The van der Waals surface area contributed by atoms with E-state index < -0.39 is 0 Å². The molecule has 0 aliphatic heterocycles. The van der Waals surface area contributed by atoms with Crippen LogP contribution in [0.2, 0.25) is 0 Å². The van der Waals surface area contributed by atoms with Crippen molar-refractivity contribution in [1.29, 1.82) is 0 Å². The van der Waals surface area contributed by atoms with Crippen molar-refractivity contribution in [2.75, 3.05) is 11.1 Å². The van der Waals surface area contributed by atoms with Gasteiger partial charge in [0, 0.05) is 23.1 Å². The monoisotopic (exact) mass is 408 g/mol. The number of rotatable bonds is 6. The predicted molar refractivity (Wildman–Crippen MR) is 114 cm³/mol. The van der Waals surface area contributed by atoms with E-state index in [1.54, 1.807) is 6.08 Å². The first kappa shape index (κ1) is 18.9. The van der Waals surface area contributed by atoms with E-state index in [0.717, 1.165) is 22.7 Å². The van der Waals surface area contributed by atoms with Gasteiger partial charge in [0.25, 0.3) is 5.56 Å². The molecule has 2 aromatic heterocycles. The lowest BCUT2D eigenvalue weighted by atomic mass is 10.2. The summed E-state index contributed by atoms with van der Waals surface area (Å²) in [6, 6.07) is 13.1. The molecular formula is C21H17FN4O2S. The first-order chi connectivity index (χ1) is 14.1. The van der Waals surface area contributed by atoms with Crippen molar-refractivity contribution in [2.24, 2.45) is 0 Å². The van der Waals surface area contributed by atoms with Crippen molar-refractivity contribution < 1.29 is 9.18 Å². The molecule has 6 nitrogen and oxygen atoms in total. The normalized spacial score (nSPS) is 11.1. The summed E-state index contributed by atoms with van der Waals surface area (Å²) in [6.07, 6.45) is 1.61. The second kappa shape index (κ2) is 7.92. The molecule has 0 bridgehead atoms. The van der Waals surface area contributed by atoms with E-state index in [0.29, 0.717) is 21.9 Å². The summed E-state index contributed by atoms with van der Waals surface area (Å²) in [6.45, 7) is 3.98. The number of thioether (sulfide) groups is 1. The molecule has 0 atom stereocenters. The Morgan fingerprint density at radius 2 is 2.00 bits per heavy atom. The van der Waals surface area contributed by atoms with Gasteiger partial charge < -0.3 is 10.3 Å². The number of benzene rings is 2. The van der Waals surface area contributed by atoms with Gasteiger partial charge in [0.2, 0.25) is 5.91 Å². The van der Waals surface area contributed by atoms with Gasteiger partial charge in [-0.1, -0.05) is 36.0 Å². The van der Waals surface area contributed by atoms with Crippen LogP contribution >= 0.6 is 11.8 Å². The van der Waals surface area contributed by atoms with Crippen molar-refractivity contribution in [3.05, 3.63) is 77.4 Å². The number of H-pyrrole nitrogens is 1. The number of nitrogens with one attached hydrogen (secondary N) is 2. The van der Waals surface area contributed by atoms with Gasteiger partial charge in [-0.25, -0.2) is 9.37 Å². The number of aromatic amines is 1. The van der Waals surface area contributed by atoms with E-state index in [1.807, 2.05) is 24.3 Å². The highest BCUT2D eigenvalue weighted by molar-refractivity contribution is 7.99. The number of para-hydroxylation sites is 1. The van der Waals surface area contributed by atoms with Gasteiger partial charge in [0.05, 0.1) is 5.75 Å². The molecule has 4 aromatic rings. The maximum atomic E-state index is 13.0. The molecule has 4 rings (SSSR count). The SMILES string of the molecule is C=CCn1c(SCC(=O)Nc2ccc(F)cc2)nc2c([nH]c3ccccc32)c1=O. The van der Waals surface area contributed by atoms with Crippen LogP contribution < -0.4 is 10.9 Å². The summed E-state index contributed by atoms with van der Waals surface area (Å²) in [4.78, 5) is 33.0. The average molecular weight is 408 g/mol. The maximum absolute atomic E-state index is 13.0. The molecule has 0 fully saturated rings. The van der Waals surface area contributed by atoms with Gasteiger partial charge in [-0.3, -0.25) is 14.2 Å². The molecule has 8 heteroatoms. The number of fused-ring (bicyclic) bond motifs is 3. The number of hydrogen-bond donors (Lipinski definition) is 2. The molecule has 0 radical (unpaired) electrons. The average Bonchev–Trinajstić information content (AvgIpc) is 3.09. The third kappa shape index (κ3) is 3.79. The Kier molecular flexibility index (Phi) is 5.18. The minimum Gasteiger partial charge on any atom is -0.349 e. The number of amides is 1. The van der Waals surface area contributed by atoms with E-state index >= 15 is 0 Å². The van der Waals surface area contributed by atoms with Crippen molar-refractivity contribution in [1.82, 2.24) is 14.5 Å². The summed E-state index contributed by atoms with van der Waals surface area (Å²) in [5.41, 5.74) is 2.11.